The molecule has 0 amide bonds. The Kier molecular flexibility index (Phi) is 5.59. The summed E-state index contributed by atoms with van der Waals surface area (Å²) in [5.74, 6) is -0.0210. The number of sulfonamides is 1. The van der Waals surface area contributed by atoms with Gasteiger partial charge in [0.25, 0.3) is 0 Å². The maximum Gasteiger partial charge on any atom is 0.416 e. The minimum Gasteiger partial charge on any atom is -0.212 e. The maximum absolute atomic E-state index is 12.6. The van der Waals surface area contributed by atoms with E-state index in [0.717, 1.165) is 18.6 Å². The molecule has 3 nitrogen and oxygen atoms in total. The van der Waals surface area contributed by atoms with Gasteiger partial charge >= 0.3 is 6.18 Å². The summed E-state index contributed by atoms with van der Waals surface area (Å²) in [7, 11) is -3.47. The van der Waals surface area contributed by atoms with Crippen molar-refractivity contribution in [1.82, 2.24) is 4.72 Å². The van der Waals surface area contributed by atoms with E-state index in [1.54, 1.807) is 0 Å². The molecule has 1 aromatic carbocycles. The van der Waals surface area contributed by atoms with Gasteiger partial charge in [0.05, 0.1) is 11.3 Å². The molecule has 0 aromatic heterocycles. The average Bonchev–Trinajstić information content (AvgIpc) is 2.35. The first kappa shape index (κ1) is 17.0. The Morgan fingerprint density at radius 1 is 1.30 bits per heavy atom. The lowest BCUT2D eigenvalue weighted by atomic mass is 10.1. The van der Waals surface area contributed by atoms with Crippen LogP contribution in [0.25, 0.3) is 0 Å². The Morgan fingerprint density at radius 3 is 2.50 bits per heavy atom. The predicted molar refractivity (Wildman–Crippen MR) is 71.7 cm³/mol. The lowest BCUT2D eigenvalue weighted by Gasteiger charge is -2.16. The first-order chi connectivity index (χ1) is 9.15. The first-order valence-corrected chi connectivity index (χ1v) is 7.98. The largest absolute Gasteiger partial charge is 0.416 e. The predicted octanol–water partition coefficient (Wildman–Crippen LogP) is 3.49. The molecule has 1 aromatic rings. The van der Waals surface area contributed by atoms with Gasteiger partial charge in [-0.1, -0.05) is 25.5 Å². The number of rotatable bonds is 6. The number of benzene rings is 1. The van der Waals surface area contributed by atoms with Crippen LogP contribution in [0.1, 0.15) is 43.9 Å². The van der Waals surface area contributed by atoms with Crippen molar-refractivity contribution in [2.45, 2.75) is 38.9 Å². The summed E-state index contributed by atoms with van der Waals surface area (Å²) >= 11 is 0. The molecule has 1 unspecified atom stereocenters. The smallest absolute Gasteiger partial charge is 0.212 e. The van der Waals surface area contributed by atoms with Gasteiger partial charge < -0.3 is 0 Å². The van der Waals surface area contributed by atoms with Crippen molar-refractivity contribution in [1.29, 1.82) is 0 Å². The fraction of sp³-hybridized carbons (Fsp3) is 0.538. The normalized spacial score (nSPS) is 14.2. The number of hydrogen-bond acceptors (Lipinski definition) is 2. The van der Waals surface area contributed by atoms with Crippen molar-refractivity contribution in [3.05, 3.63) is 35.4 Å². The second-order valence-corrected chi connectivity index (χ2v) is 6.51. The highest BCUT2D eigenvalue weighted by molar-refractivity contribution is 7.89. The van der Waals surface area contributed by atoms with Crippen molar-refractivity contribution in [3.63, 3.8) is 0 Å². The third-order valence-electron chi connectivity index (χ3n) is 2.84. The minimum atomic E-state index is -4.43. The van der Waals surface area contributed by atoms with Gasteiger partial charge in [0.15, 0.2) is 0 Å². The Balaban J connectivity index is 2.85. The van der Waals surface area contributed by atoms with Crippen LogP contribution in [-0.4, -0.2) is 14.2 Å². The van der Waals surface area contributed by atoms with Crippen LogP contribution in [0.15, 0.2) is 24.3 Å². The molecule has 0 radical (unpaired) electrons. The van der Waals surface area contributed by atoms with E-state index in [9.17, 15) is 21.6 Å². The lowest BCUT2D eigenvalue weighted by molar-refractivity contribution is -0.137. The van der Waals surface area contributed by atoms with Gasteiger partial charge in [0.2, 0.25) is 10.0 Å². The zero-order valence-corrected chi connectivity index (χ0v) is 12.2. The molecule has 1 atom stereocenters. The molecule has 0 bridgehead atoms. The second kappa shape index (κ2) is 6.58. The molecular weight excluding hydrogens is 291 g/mol. The Morgan fingerprint density at radius 2 is 1.95 bits per heavy atom. The Bertz CT molecular complexity index is 541. The van der Waals surface area contributed by atoms with Gasteiger partial charge in [-0.25, -0.2) is 13.1 Å². The molecule has 0 fully saturated rings. The fourth-order valence-electron chi connectivity index (χ4n) is 1.71. The third kappa shape index (κ3) is 5.13. The van der Waals surface area contributed by atoms with E-state index in [0.29, 0.717) is 12.0 Å². The summed E-state index contributed by atoms with van der Waals surface area (Å²) in [4.78, 5) is 0. The summed E-state index contributed by atoms with van der Waals surface area (Å²) in [6.45, 7) is 3.39. The van der Waals surface area contributed by atoms with Crippen molar-refractivity contribution in [3.8, 4) is 0 Å². The Labute approximate surface area is 117 Å². The monoisotopic (exact) mass is 309 g/mol. The highest BCUT2D eigenvalue weighted by Gasteiger charge is 2.30. The summed E-state index contributed by atoms with van der Waals surface area (Å²) in [5.41, 5.74) is -0.491. The SMILES string of the molecule is CCCCS(=O)(=O)NC(C)c1cccc(C(F)(F)F)c1. The van der Waals surface area contributed by atoms with Crippen molar-refractivity contribution < 1.29 is 21.6 Å². The van der Waals surface area contributed by atoms with Crippen LogP contribution in [0.5, 0.6) is 0 Å². The molecule has 1 N–H and O–H groups in total. The van der Waals surface area contributed by atoms with Crippen LogP contribution in [-0.2, 0) is 16.2 Å². The molecule has 20 heavy (non-hydrogen) atoms. The highest BCUT2D eigenvalue weighted by Crippen LogP contribution is 2.30. The molecule has 0 saturated carbocycles. The topological polar surface area (TPSA) is 46.2 Å². The van der Waals surface area contributed by atoms with Crippen LogP contribution < -0.4 is 4.72 Å². The van der Waals surface area contributed by atoms with Crippen LogP contribution >= 0.6 is 0 Å². The van der Waals surface area contributed by atoms with Gasteiger partial charge in [-0.3, -0.25) is 0 Å². The van der Waals surface area contributed by atoms with E-state index in [4.69, 9.17) is 0 Å². The number of nitrogens with one attached hydrogen (secondary N) is 1. The maximum atomic E-state index is 12.6. The van der Waals surface area contributed by atoms with Crippen LogP contribution in [0.3, 0.4) is 0 Å². The van der Waals surface area contributed by atoms with E-state index in [1.807, 2.05) is 6.92 Å². The zero-order chi connectivity index (χ0) is 15.4. The van der Waals surface area contributed by atoms with Crippen LogP contribution in [0, 0.1) is 0 Å². The van der Waals surface area contributed by atoms with Crippen molar-refractivity contribution in [2.75, 3.05) is 5.75 Å². The summed E-state index contributed by atoms with van der Waals surface area (Å²) in [6.07, 6.45) is -3.18. The van der Waals surface area contributed by atoms with Gasteiger partial charge in [-0.05, 0) is 31.0 Å². The molecule has 0 saturated heterocycles. The summed E-state index contributed by atoms with van der Waals surface area (Å²) < 4.78 is 63.6. The molecule has 114 valence electrons. The van der Waals surface area contributed by atoms with E-state index < -0.39 is 27.8 Å². The van der Waals surface area contributed by atoms with E-state index >= 15 is 0 Å². The van der Waals surface area contributed by atoms with Gasteiger partial charge in [-0.15, -0.1) is 0 Å². The van der Waals surface area contributed by atoms with E-state index in [1.165, 1.54) is 19.1 Å². The molecule has 0 aliphatic rings. The quantitative estimate of drug-likeness (QED) is 0.874. The van der Waals surface area contributed by atoms with Crippen molar-refractivity contribution in [2.24, 2.45) is 0 Å². The zero-order valence-electron chi connectivity index (χ0n) is 11.4. The standard InChI is InChI=1S/C13H18F3NO2S/c1-3-4-8-20(18,19)17-10(2)11-6-5-7-12(9-11)13(14,15)16/h5-7,9-10,17H,3-4,8H2,1-2H3. The fourth-order valence-corrected chi connectivity index (χ4v) is 3.18. The first-order valence-electron chi connectivity index (χ1n) is 6.33. The number of alkyl halides is 3. The molecule has 0 heterocycles. The Hall–Kier alpha value is -1.08. The average molecular weight is 309 g/mol. The van der Waals surface area contributed by atoms with Crippen LogP contribution in [0.2, 0.25) is 0 Å². The number of hydrogen-bond donors (Lipinski definition) is 1. The molecule has 0 aliphatic heterocycles. The van der Waals surface area contributed by atoms with Gasteiger partial charge in [-0.2, -0.15) is 13.2 Å². The van der Waals surface area contributed by atoms with Gasteiger partial charge in [0, 0.05) is 6.04 Å². The van der Waals surface area contributed by atoms with E-state index in [2.05, 4.69) is 4.72 Å². The highest BCUT2D eigenvalue weighted by atomic mass is 32.2. The summed E-state index contributed by atoms with van der Waals surface area (Å²) in [6, 6.07) is 3.98. The van der Waals surface area contributed by atoms with E-state index in [-0.39, 0.29) is 5.75 Å². The van der Waals surface area contributed by atoms with Gasteiger partial charge in [0.1, 0.15) is 0 Å². The molecular formula is C13H18F3NO2S. The van der Waals surface area contributed by atoms with Crippen molar-refractivity contribution >= 4 is 10.0 Å². The number of halogens is 3. The third-order valence-corrected chi connectivity index (χ3v) is 4.38. The number of unbranched alkanes of at least 4 members (excludes halogenated alkanes) is 1. The lowest BCUT2D eigenvalue weighted by Crippen LogP contribution is -2.29. The minimum absolute atomic E-state index is 0.0210. The molecule has 0 spiro atoms. The molecule has 7 heteroatoms. The second-order valence-electron chi connectivity index (χ2n) is 4.64. The van der Waals surface area contributed by atoms with Crippen LogP contribution in [0.4, 0.5) is 13.2 Å². The summed E-state index contributed by atoms with van der Waals surface area (Å²) in [5, 5.41) is 0. The molecule has 1 rings (SSSR count). The molecule has 0 aliphatic carbocycles.